The number of imidazole rings is 2. The Morgan fingerprint density at radius 3 is 1.61 bits per heavy atom. The number of hydrogen-bond donors (Lipinski definition) is 0. The summed E-state index contributed by atoms with van der Waals surface area (Å²) in [6.07, 6.45) is 16.4. The fourth-order valence-electron chi connectivity index (χ4n) is 2.38. The highest BCUT2D eigenvalue weighted by atomic mass is 15.0. The van der Waals surface area contributed by atoms with Crippen molar-refractivity contribution in [3.8, 4) is 0 Å². The van der Waals surface area contributed by atoms with Gasteiger partial charge in [0.2, 0.25) is 0 Å². The van der Waals surface area contributed by atoms with Crippen LogP contribution in [0.3, 0.4) is 0 Å². The van der Waals surface area contributed by atoms with Gasteiger partial charge in [-0.05, 0) is 0 Å². The third-order valence-corrected chi connectivity index (χ3v) is 3.27. The van der Waals surface area contributed by atoms with Gasteiger partial charge in [0, 0.05) is 38.3 Å². The lowest BCUT2D eigenvalue weighted by Gasteiger charge is -2.20. The van der Waals surface area contributed by atoms with Crippen LogP contribution in [0.4, 0.5) is 0 Å². The van der Waals surface area contributed by atoms with Gasteiger partial charge >= 0.3 is 0 Å². The summed E-state index contributed by atoms with van der Waals surface area (Å²) in [5, 5.41) is 0. The molecule has 4 heteroatoms. The van der Waals surface area contributed by atoms with Crippen molar-refractivity contribution >= 4 is 0 Å². The Labute approximate surface area is 106 Å². The highest BCUT2D eigenvalue weighted by Crippen LogP contribution is 2.35. The lowest BCUT2D eigenvalue weighted by atomic mass is 9.84. The normalized spacial score (nSPS) is 22.6. The number of allylic oxidation sites excluding steroid dienone is 4. The van der Waals surface area contributed by atoms with E-state index in [4.69, 9.17) is 0 Å². The maximum absolute atomic E-state index is 4.47. The standard InChI is InChI=1S/C14H16N4/c1-17-7-13(15-9-17)11-5-3-4-6-12(11)14-8-18(2)10-16-14/h3-12H,1-2H3. The van der Waals surface area contributed by atoms with Crippen LogP contribution in [-0.4, -0.2) is 19.1 Å². The number of hydrogen-bond acceptors (Lipinski definition) is 2. The summed E-state index contributed by atoms with van der Waals surface area (Å²) in [4.78, 5) is 8.93. The Kier molecular flexibility index (Phi) is 2.63. The predicted molar refractivity (Wildman–Crippen MR) is 70.2 cm³/mol. The van der Waals surface area contributed by atoms with Gasteiger partial charge in [0.1, 0.15) is 0 Å². The van der Waals surface area contributed by atoms with E-state index in [9.17, 15) is 0 Å². The molecule has 18 heavy (non-hydrogen) atoms. The van der Waals surface area contributed by atoms with E-state index in [0.29, 0.717) is 0 Å². The van der Waals surface area contributed by atoms with Gasteiger partial charge in [-0.15, -0.1) is 0 Å². The third-order valence-electron chi connectivity index (χ3n) is 3.27. The molecule has 0 fully saturated rings. The molecule has 2 atom stereocenters. The summed E-state index contributed by atoms with van der Waals surface area (Å²) >= 11 is 0. The number of aromatic nitrogens is 4. The second kappa shape index (κ2) is 4.29. The van der Waals surface area contributed by atoms with E-state index in [1.165, 1.54) is 0 Å². The van der Waals surface area contributed by atoms with Crippen LogP contribution in [0.15, 0.2) is 49.4 Å². The van der Waals surface area contributed by atoms with Crippen molar-refractivity contribution in [2.24, 2.45) is 14.1 Å². The lowest BCUT2D eigenvalue weighted by molar-refractivity contribution is 0.694. The average Bonchev–Trinajstić information content (AvgIpc) is 2.98. The van der Waals surface area contributed by atoms with Crippen LogP contribution in [0.2, 0.25) is 0 Å². The molecule has 0 spiro atoms. The first-order valence-electron chi connectivity index (χ1n) is 6.05. The van der Waals surface area contributed by atoms with Crippen LogP contribution in [-0.2, 0) is 14.1 Å². The SMILES string of the molecule is Cn1cnc(C2C=CC=CC2c2cn(C)cn2)c1. The van der Waals surface area contributed by atoms with Gasteiger partial charge in [-0.2, -0.15) is 0 Å². The Morgan fingerprint density at radius 1 is 0.833 bits per heavy atom. The molecule has 0 bridgehead atoms. The first kappa shape index (κ1) is 11.0. The molecule has 0 saturated heterocycles. The summed E-state index contributed by atoms with van der Waals surface area (Å²) in [5.74, 6) is 0.539. The van der Waals surface area contributed by atoms with E-state index in [2.05, 4.69) is 46.7 Å². The minimum absolute atomic E-state index is 0.270. The maximum atomic E-state index is 4.47. The van der Waals surface area contributed by atoms with Crippen molar-refractivity contribution in [3.63, 3.8) is 0 Å². The van der Waals surface area contributed by atoms with E-state index in [0.717, 1.165) is 11.4 Å². The van der Waals surface area contributed by atoms with Crippen molar-refractivity contribution in [2.45, 2.75) is 11.8 Å². The van der Waals surface area contributed by atoms with Crippen LogP contribution in [0.1, 0.15) is 23.2 Å². The second-order valence-electron chi connectivity index (χ2n) is 4.75. The van der Waals surface area contributed by atoms with E-state index in [-0.39, 0.29) is 11.8 Å². The summed E-state index contributed by atoms with van der Waals surface area (Å²) in [7, 11) is 3.99. The average molecular weight is 240 g/mol. The van der Waals surface area contributed by atoms with Gasteiger partial charge in [-0.25, -0.2) is 9.97 Å². The Hall–Kier alpha value is -2.10. The molecule has 0 radical (unpaired) electrons. The molecule has 3 rings (SSSR count). The minimum Gasteiger partial charge on any atom is -0.340 e. The molecule has 2 aromatic heterocycles. The van der Waals surface area contributed by atoms with Crippen molar-refractivity contribution in [3.05, 3.63) is 60.7 Å². The van der Waals surface area contributed by atoms with Crippen LogP contribution >= 0.6 is 0 Å². The summed E-state index contributed by atoms with van der Waals surface area (Å²) in [6.45, 7) is 0. The molecule has 92 valence electrons. The quantitative estimate of drug-likeness (QED) is 0.806. The van der Waals surface area contributed by atoms with Crippen molar-refractivity contribution < 1.29 is 0 Å². The Balaban J connectivity index is 1.97. The third kappa shape index (κ3) is 1.90. The molecule has 0 saturated carbocycles. The monoisotopic (exact) mass is 240 g/mol. The zero-order valence-corrected chi connectivity index (χ0v) is 10.6. The first-order chi connectivity index (χ1) is 8.74. The van der Waals surface area contributed by atoms with Crippen molar-refractivity contribution in [1.29, 1.82) is 0 Å². The highest BCUT2D eigenvalue weighted by Gasteiger charge is 2.25. The second-order valence-corrected chi connectivity index (χ2v) is 4.75. The van der Waals surface area contributed by atoms with Gasteiger partial charge in [-0.1, -0.05) is 24.3 Å². The first-order valence-corrected chi connectivity index (χ1v) is 6.05. The van der Waals surface area contributed by atoms with E-state index < -0.39 is 0 Å². The maximum Gasteiger partial charge on any atom is 0.0947 e. The van der Waals surface area contributed by atoms with Gasteiger partial charge < -0.3 is 9.13 Å². The van der Waals surface area contributed by atoms with Crippen LogP contribution in [0.5, 0.6) is 0 Å². The Bertz CT molecular complexity index is 549. The molecular formula is C14H16N4. The number of rotatable bonds is 2. The fraction of sp³-hybridized carbons (Fsp3) is 0.286. The van der Waals surface area contributed by atoms with E-state index >= 15 is 0 Å². The van der Waals surface area contributed by atoms with E-state index in [1.54, 1.807) is 0 Å². The van der Waals surface area contributed by atoms with Gasteiger partial charge in [0.15, 0.2) is 0 Å². The highest BCUT2D eigenvalue weighted by molar-refractivity contribution is 5.32. The van der Waals surface area contributed by atoms with Crippen LogP contribution in [0.25, 0.3) is 0 Å². The molecule has 1 aliphatic carbocycles. The molecule has 2 unspecified atom stereocenters. The molecule has 0 N–H and O–H groups in total. The minimum atomic E-state index is 0.270. The molecule has 4 nitrogen and oxygen atoms in total. The largest absolute Gasteiger partial charge is 0.340 e. The summed E-state index contributed by atoms with van der Waals surface area (Å²) in [5.41, 5.74) is 2.18. The molecule has 0 aromatic carbocycles. The number of nitrogens with zero attached hydrogens (tertiary/aromatic N) is 4. The fourth-order valence-corrected chi connectivity index (χ4v) is 2.38. The van der Waals surface area contributed by atoms with Gasteiger partial charge in [0.05, 0.1) is 24.0 Å². The smallest absolute Gasteiger partial charge is 0.0947 e. The molecular weight excluding hydrogens is 224 g/mol. The topological polar surface area (TPSA) is 35.6 Å². The zero-order valence-electron chi connectivity index (χ0n) is 10.6. The summed E-state index contributed by atoms with van der Waals surface area (Å²) in [6, 6.07) is 0. The van der Waals surface area contributed by atoms with Crippen LogP contribution < -0.4 is 0 Å². The summed E-state index contributed by atoms with van der Waals surface area (Å²) < 4.78 is 3.97. The Morgan fingerprint density at radius 2 is 1.28 bits per heavy atom. The van der Waals surface area contributed by atoms with Crippen LogP contribution in [0, 0.1) is 0 Å². The molecule has 0 amide bonds. The van der Waals surface area contributed by atoms with Crippen molar-refractivity contribution in [2.75, 3.05) is 0 Å². The van der Waals surface area contributed by atoms with Gasteiger partial charge in [-0.3, -0.25) is 0 Å². The molecule has 1 aliphatic rings. The molecule has 2 heterocycles. The zero-order chi connectivity index (χ0) is 12.5. The van der Waals surface area contributed by atoms with E-state index in [1.807, 2.05) is 35.9 Å². The predicted octanol–water partition coefficient (Wildman–Crippen LogP) is 2.15. The number of aryl methyl sites for hydroxylation is 2. The molecule has 2 aromatic rings. The van der Waals surface area contributed by atoms with Gasteiger partial charge in [0.25, 0.3) is 0 Å². The lowest BCUT2D eigenvalue weighted by Crippen LogP contribution is -2.10. The molecule has 0 aliphatic heterocycles. The van der Waals surface area contributed by atoms with Crippen molar-refractivity contribution in [1.82, 2.24) is 19.1 Å².